The molecule has 1 atom stereocenters. The topological polar surface area (TPSA) is 98.0 Å². The molecule has 1 amide bonds. The minimum atomic E-state index is 0.0213. The molecule has 0 spiro atoms. The van der Waals surface area contributed by atoms with Crippen LogP contribution in [0.3, 0.4) is 0 Å². The molecule has 2 aliphatic rings. The van der Waals surface area contributed by atoms with Crippen molar-refractivity contribution in [2.45, 2.75) is 31.7 Å². The molecule has 0 unspecified atom stereocenters. The minimum Gasteiger partial charge on any atom is -0.493 e. The van der Waals surface area contributed by atoms with Crippen LogP contribution in [0.1, 0.15) is 37.3 Å². The summed E-state index contributed by atoms with van der Waals surface area (Å²) in [6.07, 6.45) is 6.99. The number of rotatable bonds is 5. The fraction of sp³-hybridized carbons (Fsp3) is 0.500. The van der Waals surface area contributed by atoms with E-state index in [0.717, 1.165) is 56.7 Å². The Hall–Kier alpha value is -3.43. The number of carbonyl (C=O) groups excluding carboxylic acids is 1. The van der Waals surface area contributed by atoms with E-state index in [9.17, 15) is 4.79 Å². The number of hydrogen-bond acceptors (Lipinski definition) is 8. The highest BCUT2D eigenvalue weighted by atomic mass is 16.5. The average molecular weight is 438 g/mol. The Morgan fingerprint density at radius 1 is 1.03 bits per heavy atom. The highest BCUT2D eigenvalue weighted by Crippen LogP contribution is 2.38. The zero-order valence-corrected chi connectivity index (χ0v) is 18.3. The van der Waals surface area contributed by atoms with Gasteiger partial charge in [0, 0.05) is 25.6 Å². The van der Waals surface area contributed by atoms with Crippen molar-refractivity contribution in [1.29, 1.82) is 0 Å². The summed E-state index contributed by atoms with van der Waals surface area (Å²) < 4.78 is 12.5. The zero-order valence-electron chi connectivity index (χ0n) is 18.3. The Morgan fingerprint density at radius 3 is 2.62 bits per heavy atom. The molecule has 5 rings (SSSR count). The number of fused-ring (bicyclic) bond motifs is 1. The van der Waals surface area contributed by atoms with Gasteiger partial charge in [-0.05, 0) is 53.8 Å². The van der Waals surface area contributed by atoms with Crippen molar-refractivity contribution < 1.29 is 14.3 Å². The van der Waals surface area contributed by atoms with Gasteiger partial charge in [-0.3, -0.25) is 9.78 Å². The molecule has 168 valence electrons. The molecule has 2 aliphatic heterocycles. The molecule has 2 aromatic heterocycles. The van der Waals surface area contributed by atoms with Gasteiger partial charge in [0.2, 0.25) is 5.91 Å². The molecule has 0 N–H and O–H groups in total. The lowest BCUT2D eigenvalue weighted by Gasteiger charge is -2.35. The van der Waals surface area contributed by atoms with Gasteiger partial charge in [-0.15, -0.1) is 5.10 Å². The molecular weight excluding hydrogens is 410 g/mol. The fourth-order valence-corrected chi connectivity index (χ4v) is 4.91. The second-order valence-corrected chi connectivity index (χ2v) is 8.28. The molecule has 3 aromatic rings. The summed E-state index contributed by atoms with van der Waals surface area (Å²) in [5.74, 6) is 2.53. The van der Waals surface area contributed by atoms with E-state index in [1.807, 2.05) is 18.2 Å². The quantitative estimate of drug-likeness (QED) is 0.599. The number of anilines is 1. The van der Waals surface area contributed by atoms with Crippen molar-refractivity contribution in [2.75, 3.05) is 38.8 Å². The van der Waals surface area contributed by atoms with E-state index in [4.69, 9.17) is 9.47 Å². The van der Waals surface area contributed by atoms with Gasteiger partial charge in [-0.1, -0.05) is 6.07 Å². The van der Waals surface area contributed by atoms with Crippen LogP contribution in [0.15, 0.2) is 30.6 Å². The summed E-state index contributed by atoms with van der Waals surface area (Å²) in [5.41, 5.74) is 1.72. The van der Waals surface area contributed by atoms with Crippen LogP contribution in [0.4, 0.5) is 5.82 Å². The first-order chi connectivity index (χ1) is 15.7. The Bertz CT molecular complexity index is 1110. The molecule has 4 heterocycles. The molecule has 10 nitrogen and oxygen atoms in total. The van der Waals surface area contributed by atoms with Crippen LogP contribution in [0.25, 0.3) is 5.65 Å². The monoisotopic (exact) mass is 437 g/mol. The molecule has 1 aromatic carbocycles. The number of tetrazole rings is 1. The van der Waals surface area contributed by atoms with E-state index in [0.29, 0.717) is 17.1 Å². The van der Waals surface area contributed by atoms with Crippen LogP contribution < -0.4 is 14.4 Å². The number of carbonyl (C=O) groups is 1. The highest BCUT2D eigenvalue weighted by Gasteiger charge is 2.36. The van der Waals surface area contributed by atoms with Gasteiger partial charge in [0.25, 0.3) is 0 Å². The van der Waals surface area contributed by atoms with E-state index < -0.39 is 0 Å². The first-order valence-electron chi connectivity index (χ1n) is 11.0. The van der Waals surface area contributed by atoms with Crippen molar-refractivity contribution >= 4 is 17.4 Å². The summed E-state index contributed by atoms with van der Waals surface area (Å²) in [7, 11) is 3.27. The lowest BCUT2D eigenvalue weighted by Crippen LogP contribution is -2.43. The molecule has 0 bridgehead atoms. The summed E-state index contributed by atoms with van der Waals surface area (Å²) in [6.45, 7) is 2.34. The molecular formula is C22H27N7O3. The van der Waals surface area contributed by atoms with Crippen molar-refractivity contribution in [3.8, 4) is 11.5 Å². The van der Waals surface area contributed by atoms with Crippen LogP contribution in [-0.4, -0.2) is 69.7 Å². The average Bonchev–Trinajstić information content (AvgIpc) is 3.53. The van der Waals surface area contributed by atoms with Crippen molar-refractivity contribution in [3.05, 3.63) is 36.2 Å². The third-order valence-electron chi connectivity index (χ3n) is 6.59. The molecule has 0 radical (unpaired) electrons. The number of likely N-dealkylation sites (tertiary alicyclic amines) is 1. The lowest BCUT2D eigenvalue weighted by molar-refractivity contribution is -0.137. The van der Waals surface area contributed by atoms with Gasteiger partial charge in [-0.2, -0.15) is 4.52 Å². The number of benzene rings is 1. The van der Waals surface area contributed by atoms with Gasteiger partial charge >= 0.3 is 0 Å². The van der Waals surface area contributed by atoms with Gasteiger partial charge in [0.05, 0.1) is 32.7 Å². The fourth-order valence-electron chi connectivity index (χ4n) is 4.91. The lowest BCUT2D eigenvalue weighted by atomic mass is 9.94. The maximum absolute atomic E-state index is 13.5. The smallest absolute Gasteiger partial charge is 0.226 e. The van der Waals surface area contributed by atoms with Gasteiger partial charge in [-0.25, -0.2) is 0 Å². The summed E-state index contributed by atoms with van der Waals surface area (Å²) in [6, 6.07) is 6.04. The van der Waals surface area contributed by atoms with Crippen molar-refractivity contribution in [2.24, 2.45) is 5.92 Å². The van der Waals surface area contributed by atoms with Crippen molar-refractivity contribution in [1.82, 2.24) is 29.9 Å². The SMILES string of the molecule is COc1ccc([C@@H]2CCCN2C(=O)C2CCN(c3cncc4nnnn34)CC2)cc1OC. The van der Waals surface area contributed by atoms with Crippen LogP contribution in [0.2, 0.25) is 0 Å². The van der Waals surface area contributed by atoms with Gasteiger partial charge < -0.3 is 19.3 Å². The normalized spacial score (nSPS) is 19.5. The molecule has 2 saturated heterocycles. The predicted octanol–water partition coefficient (Wildman–Crippen LogP) is 2.12. The largest absolute Gasteiger partial charge is 0.493 e. The number of methoxy groups -OCH3 is 2. The van der Waals surface area contributed by atoms with E-state index in [1.54, 1.807) is 31.1 Å². The maximum Gasteiger partial charge on any atom is 0.226 e. The number of amides is 1. The first kappa shape index (κ1) is 20.5. The number of nitrogens with zero attached hydrogens (tertiary/aromatic N) is 7. The van der Waals surface area contributed by atoms with E-state index in [1.165, 1.54) is 0 Å². The van der Waals surface area contributed by atoms with Gasteiger partial charge in [0.1, 0.15) is 0 Å². The van der Waals surface area contributed by atoms with E-state index in [-0.39, 0.29) is 17.9 Å². The summed E-state index contributed by atoms with van der Waals surface area (Å²) >= 11 is 0. The molecule has 0 saturated carbocycles. The van der Waals surface area contributed by atoms with Crippen LogP contribution in [0.5, 0.6) is 11.5 Å². The predicted molar refractivity (Wildman–Crippen MR) is 117 cm³/mol. The van der Waals surface area contributed by atoms with E-state index >= 15 is 0 Å². The maximum atomic E-state index is 13.5. The Morgan fingerprint density at radius 2 is 1.84 bits per heavy atom. The Balaban J connectivity index is 1.28. The van der Waals surface area contributed by atoms with Crippen LogP contribution in [0, 0.1) is 5.92 Å². The zero-order chi connectivity index (χ0) is 22.1. The minimum absolute atomic E-state index is 0.0213. The van der Waals surface area contributed by atoms with Crippen LogP contribution in [-0.2, 0) is 4.79 Å². The number of aromatic nitrogens is 5. The molecule has 0 aliphatic carbocycles. The van der Waals surface area contributed by atoms with Crippen LogP contribution >= 0.6 is 0 Å². The molecule has 2 fully saturated rings. The van der Waals surface area contributed by atoms with Crippen molar-refractivity contribution in [3.63, 3.8) is 0 Å². The number of piperidine rings is 1. The third kappa shape index (κ3) is 3.59. The van der Waals surface area contributed by atoms with Gasteiger partial charge in [0.15, 0.2) is 23.0 Å². The number of ether oxygens (including phenoxy) is 2. The molecule has 10 heteroatoms. The second-order valence-electron chi connectivity index (χ2n) is 8.28. The standard InChI is InChI=1S/C22H27N7O3/c1-31-18-6-5-16(12-19(18)32-2)17-4-3-9-28(17)22(30)15-7-10-27(11-8-15)21-14-23-13-20-24-25-26-29(20)21/h5-6,12-15,17H,3-4,7-11H2,1-2H3/t17-/m0/s1. The Kier molecular flexibility index (Phi) is 5.50. The Labute approximate surface area is 186 Å². The highest BCUT2D eigenvalue weighted by molar-refractivity contribution is 5.80. The number of hydrogen-bond donors (Lipinski definition) is 0. The first-order valence-corrected chi connectivity index (χ1v) is 11.0. The third-order valence-corrected chi connectivity index (χ3v) is 6.59. The molecule has 32 heavy (non-hydrogen) atoms. The van der Waals surface area contributed by atoms with E-state index in [2.05, 4.69) is 30.3 Å². The second kappa shape index (κ2) is 8.60. The summed E-state index contributed by atoms with van der Waals surface area (Å²) in [4.78, 5) is 22.0. The summed E-state index contributed by atoms with van der Waals surface area (Å²) in [5, 5.41) is 11.8.